The summed E-state index contributed by atoms with van der Waals surface area (Å²) < 4.78 is 0. The van der Waals surface area contributed by atoms with Crippen molar-refractivity contribution in [3.05, 3.63) is 0 Å². The van der Waals surface area contributed by atoms with Gasteiger partial charge < -0.3 is 5.73 Å². The second-order valence-corrected chi connectivity index (χ2v) is 3.91. The summed E-state index contributed by atoms with van der Waals surface area (Å²) >= 11 is 0. The minimum Gasteiger partial charge on any atom is -0.329 e. The Morgan fingerprint density at radius 3 is 3.00 bits per heavy atom. The summed E-state index contributed by atoms with van der Waals surface area (Å²) in [4.78, 5) is 0. The van der Waals surface area contributed by atoms with Crippen molar-refractivity contribution in [3.63, 3.8) is 0 Å². The van der Waals surface area contributed by atoms with E-state index in [0.717, 1.165) is 19.0 Å². The number of hydrogen-bond acceptors (Lipinski definition) is 3. The largest absolute Gasteiger partial charge is 0.329 e. The third-order valence-corrected chi connectivity index (χ3v) is 2.83. The molecule has 0 aromatic carbocycles. The lowest BCUT2D eigenvalue weighted by atomic mass is 10.0. The molecule has 0 aliphatic carbocycles. The summed E-state index contributed by atoms with van der Waals surface area (Å²) in [5.41, 5.74) is 8.85. The minimum absolute atomic E-state index is 0.729. The second kappa shape index (κ2) is 6.35. The highest BCUT2D eigenvalue weighted by Crippen LogP contribution is 2.17. The standard InChI is InChI=1S/C10H23N3/c1-2-10-5-3-4-8-13(9-10)12-7-6-11/h10,12H,2-9,11H2,1H3. The maximum absolute atomic E-state index is 5.46. The highest BCUT2D eigenvalue weighted by molar-refractivity contribution is 4.67. The average molecular weight is 185 g/mol. The Bertz CT molecular complexity index is 127. The summed E-state index contributed by atoms with van der Waals surface area (Å²) in [5.74, 6) is 0.882. The minimum atomic E-state index is 0.729. The molecule has 0 spiro atoms. The molecule has 0 bridgehead atoms. The first-order valence-electron chi connectivity index (χ1n) is 5.55. The molecule has 3 N–H and O–H groups in total. The highest BCUT2D eigenvalue weighted by Gasteiger charge is 2.15. The summed E-state index contributed by atoms with van der Waals surface area (Å²) in [6, 6.07) is 0. The zero-order valence-electron chi connectivity index (χ0n) is 8.76. The van der Waals surface area contributed by atoms with Gasteiger partial charge >= 0.3 is 0 Å². The molecule has 0 amide bonds. The Hall–Kier alpha value is -0.120. The van der Waals surface area contributed by atoms with E-state index in [1.807, 2.05) is 0 Å². The quantitative estimate of drug-likeness (QED) is 0.685. The average Bonchev–Trinajstić information content (AvgIpc) is 2.39. The van der Waals surface area contributed by atoms with Crippen molar-refractivity contribution in [3.8, 4) is 0 Å². The van der Waals surface area contributed by atoms with Gasteiger partial charge in [0.05, 0.1) is 0 Å². The first-order valence-corrected chi connectivity index (χ1v) is 5.55. The van der Waals surface area contributed by atoms with Crippen molar-refractivity contribution < 1.29 is 0 Å². The van der Waals surface area contributed by atoms with Crippen molar-refractivity contribution >= 4 is 0 Å². The van der Waals surface area contributed by atoms with Crippen molar-refractivity contribution in [2.45, 2.75) is 32.6 Å². The van der Waals surface area contributed by atoms with Gasteiger partial charge in [-0.25, -0.2) is 5.01 Å². The molecule has 0 aromatic heterocycles. The Kier molecular flexibility index (Phi) is 5.35. The van der Waals surface area contributed by atoms with Crippen LogP contribution in [0.15, 0.2) is 0 Å². The zero-order valence-corrected chi connectivity index (χ0v) is 8.76. The molecule has 1 unspecified atom stereocenters. The predicted octanol–water partition coefficient (Wildman–Crippen LogP) is 0.962. The van der Waals surface area contributed by atoms with Gasteiger partial charge in [0.25, 0.3) is 0 Å². The number of rotatable bonds is 4. The molecule has 1 aliphatic rings. The number of nitrogens with two attached hydrogens (primary N) is 1. The molecule has 0 radical (unpaired) electrons. The molecular weight excluding hydrogens is 162 g/mol. The maximum atomic E-state index is 5.46. The fraction of sp³-hybridized carbons (Fsp3) is 1.00. The Labute approximate surface area is 81.6 Å². The number of nitrogens with one attached hydrogen (secondary N) is 1. The number of hydrazine groups is 1. The van der Waals surface area contributed by atoms with E-state index in [0.29, 0.717) is 0 Å². The third-order valence-electron chi connectivity index (χ3n) is 2.83. The van der Waals surface area contributed by atoms with Crippen LogP contribution >= 0.6 is 0 Å². The van der Waals surface area contributed by atoms with Crippen LogP contribution in [0.2, 0.25) is 0 Å². The van der Waals surface area contributed by atoms with E-state index in [4.69, 9.17) is 5.73 Å². The van der Waals surface area contributed by atoms with Gasteiger partial charge in [-0.15, -0.1) is 0 Å². The number of nitrogens with zero attached hydrogens (tertiary/aromatic N) is 1. The van der Waals surface area contributed by atoms with Crippen molar-refractivity contribution in [1.82, 2.24) is 10.4 Å². The van der Waals surface area contributed by atoms with E-state index in [1.165, 1.54) is 38.8 Å². The van der Waals surface area contributed by atoms with Gasteiger partial charge in [0.15, 0.2) is 0 Å². The monoisotopic (exact) mass is 185 g/mol. The van der Waals surface area contributed by atoms with E-state index in [-0.39, 0.29) is 0 Å². The van der Waals surface area contributed by atoms with E-state index >= 15 is 0 Å². The Balaban J connectivity index is 2.26. The Morgan fingerprint density at radius 1 is 1.46 bits per heavy atom. The van der Waals surface area contributed by atoms with Gasteiger partial charge in [0.2, 0.25) is 0 Å². The topological polar surface area (TPSA) is 41.3 Å². The normalized spacial score (nSPS) is 25.8. The van der Waals surface area contributed by atoms with E-state index in [9.17, 15) is 0 Å². The van der Waals surface area contributed by atoms with Gasteiger partial charge in [-0.3, -0.25) is 5.43 Å². The molecule has 1 saturated heterocycles. The molecule has 1 aliphatic heterocycles. The van der Waals surface area contributed by atoms with Gasteiger partial charge in [0.1, 0.15) is 0 Å². The van der Waals surface area contributed by atoms with Gasteiger partial charge in [-0.2, -0.15) is 0 Å². The van der Waals surface area contributed by atoms with Crippen molar-refractivity contribution in [2.75, 3.05) is 26.2 Å². The lowest BCUT2D eigenvalue weighted by Gasteiger charge is -2.24. The highest BCUT2D eigenvalue weighted by atomic mass is 15.5. The fourth-order valence-corrected chi connectivity index (χ4v) is 1.93. The zero-order chi connectivity index (χ0) is 9.52. The molecular formula is C10H23N3. The van der Waals surface area contributed by atoms with E-state index in [2.05, 4.69) is 17.4 Å². The fourth-order valence-electron chi connectivity index (χ4n) is 1.93. The van der Waals surface area contributed by atoms with Gasteiger partial charge in [-0.1, -0.05) is 19.8 Å². The molecule has 1 fully saturated rings. The summed E-state index contributed by atoms with van der Waals surface area (Å²) in [7, 11) is 0. The van der Waals surface area contributed by atoms with Gasteiger partial charge in [0, 0.05) is 26.2 Å². The van der Waals surface area contributed by atoms with Crippen LogP contribution in [-0.4, -0.2) is 31.2 Å². The molecule has 0 aromatic rings. The van der Waals surface area contributed by atoms with Crippen LogP contribution in [0.25, 0.3) is 0 Å². The van der Waals surface area contributed by atoms with Crippen LogP contribution in [0.5, 0.6) is 0 Å². The third kappa shape index (κ3) is 4.07. The van der Waals surface area contributed by atoms with E-state index in [1.54, 1.807) is 0 Å². The molecule has 1 rings (SSSR count). The van der Waals surface area contributed by atoms with Crippen LogP contribution in [0.1, 0.15) is 32.6 Å². The smallest absolute Gasteiger partial charge is 0.0225 e. The second-order valence-electron chi connectivity index (χ2n) is 3.91. The van der Waals surface area contributed by atoms with Crippen molar-refractivity contribution in [2.24, 2.45) is 11.7 Å². The van der Waals surface area contributed by atoms with Crippen molar-refractivity contribution in [1.29, 1.82) is 0 Å². The molecule has 3 nitrogen and oxygen atoms in total. The molecule has 0 saturated carbocycles. The van der Waals surface area contributed by atoms with Crippen LogP contribution in [0.3, 0.4) is 0 Å². The lowest BCUT2D eigenvalue weighted by Crippen LogP contribution is -2.42. The lowest BCUT2D eigenvalue weighted by molar-refractivity contribution is 0.171. The van der Waals surface area contributed by atoms with Crippen LogP contribution in [0, 0.1) is 5.92 Å². The summed E-state index contributed by atoms with van der Waals surface area (Å²) in [6.07, 6.45) is 5.42. The molecule has 13 heavy (non-hydrogen) atoms. The predicted molar refractivity (Wildman–Crippen MR) is 56.3 cm³/mol. The van der Waals surface area contributed by atoms with Crippen LogP contribution < -0.4 is 11.2 Å². The first kappa shape index (κ1) is 11.0. The summed E-state index contributed by atoms with van der Waals surface area (Å²) in [6.45, 7) is 6.33. The molecule has 1 atom stereocenters. The summed E-state index contributed by atoms with van der Waals surface area (Å²) in [5, 5.41) is 2.36. The Morgan fingerprint density at radius 2 is 2.31 bits per heavy atom. The molecule has 3 heteroatoms. The van der Waals surface area contributed by atoms with E-state index < -0.39 is 0 Å². The van der Waals surface area contributed by atoms with Gasteiger partial charge in [-0.05, 0) is 18.8 Å². The van der Waals surface area contributed by atoms with Crippen LogP contribution in [0.4, 0.5) is 0 Å². The molecule has 1 heterocycles. The van der Waals surface area contributed by atoms with Crippen LogP contribution in [-0.2, 0) is 0 Å². The maximum Gasteiger partial charge on any atom is 0.0225 e. The first-order chi connectivity index (χ1) is 6.36. The molecule has 78 valence electrons. The number of hydrogen-bond donors (Lipinski definition) is 2. The SMILES string of the molecule is CCC1CCCCN(NCCN)C1.